The Labute approximate surface area is 140 Å². The smallest absolute Gasteiger partial charge is 0.0700 e. The number of hydrogen-bond acceptors (Lipinski definition) is 6. The number of methoxy groups -OCH3 is 2. The van der Waals surface area contributed by atoms with E-state index in [2.05, 4.69) is 4.31 Å². The molecular weight excluding hydrogens is 302 g/mol. The van der Waals surface area contributed by atoms with E-state index in [1.54, 1.807) is 14.2 Å². The van der Waals surface area contributed by atoms with Crippen LogP contribution in [-0.4, -0.2) is 76.5 Å². The van der Waals surface area contributed by atoms with E-state index < -0.39 is 0 Å². The molecule has 0 aliphatic heterocycles. The molecule has 0 aromatic rings. The van der Waals surface area contributed by atoms with Gasteiger partial charge in [-0.2, -0.15) is 0 Å². The molecule has 0 aromatic carbocycles. The second kappa shape index (κ2) is 14.7. The van der Waals surface area contributed by atoms with Crippen molar-refractivity contribution in [2.75, 3.05) is 67.0 Å². The van der Waals surface area contributed by atoms with Gasteiger partial charge >= 0.3 is 0 Å². The molecule has 1 saturated carbocycles. The second-order valence-corrected chi connectivity index (χ2v) is 6.90. The lowest BCUT2D eigenvalue weighted by atomic mass is 10.0. The number of rotatable bonds is 14. The zero-order valence-electron chi connectivity index (χ0n) is 14.3. The number of hydrogen-bond donors (Lipinski definition) is 0. The van der Waals surface area contributed by atoms with E-state index in [4.69, 9.17) is 18.9 Å². The van der Waals surface area contributed by atoms with Crippen molar-refractivity contribution in [3.8, 4) is 0 Å². The predicted molar refractivity (Wildman–Crippen MR) is 91.4 cm³/mol. The molecule has 0 aromatic heterocycles. The average molecular weight is 336 g/mol. The van der Waals surface area contributed by atoms with E-state index >= 15 is 0 Å². The summed E-state index contributed by atoms with van der Waals surface area (Å²) in [5.74, 6) is 0. The highest BCUT2D eigenvalue weighted by atomic mass is 32.2. The lowest BCUT2D eigenvalue weighted by Gasteiger charge is -2.28. The zero-order chi connectivity index (χ0) is 15.9. The molecule has 0 unspecified atom stereocenters. The molecule has 0 spiro atoms. The Hall–Kier alpha value is 0.150. The number of nitrogens with zero attached hydrogens (tertiary/aromatic N) is 1. The zero-order valence-corrected chi connectivity index (χ0v) is 15.1. The summed E-state index contributed by atoms with van der Waals surface area (Å²) in [5, 5.41) is 0.770. The monoisotopic (exact) mass is 335 g/mol. The Morgan fingerprint density at radius 1 is 0.773 bits per heavy atom. The fourth-order valence-corrected chi connectivity index (χ4v) is 3.75. The maximum Gasteiger partial charge on any atom is 0.0700 e. The third-order valence-corrected chi connectivity index (χ3v) is 5.12. The van der Waals surface area contributed by atoms with Gasteiger partial charge in [0.1, 0.15) is 0 Å². The van der Waals surface area contributed by atoms with Crippen LogP contribution in [0.5, 0.6) is 0 Å². The molecule has 0 radical (unpaired) electrons. The lowest BCUT2D eigenvalue weighted by Crippen LogP contribution is -2.29. The van der Waals surface area contributed by atoms with Crippen LogP contribution in [0.15, 0.2) is 0 Å². The normalized spacial score (nSPS) is 16.5. The highest BCUT2D eigenvalue weighted by Crippen LogP contribution is 2.30. The molecule has 0 N–H and O–H groups in total. The third-order valence-electron chi connectivity index (χ3n) is 3.68. The highest BCUT2D eigenvalue weighted by molar-refractivity contribution is 7.97. The summed E-state index contributed by atoms with van der Waals surface area (Å²) in [5.41, 5.74) is 0. The summed E-state index contributed by atoms with van der Waals surface area (Å²) in [7, 11) is 3.40. The molecule has 132 valence electrons. The van der Waals surface area contributed by atoms with E-state index in [0.29, 0.717) is 26.4 Å². The van der Waals surface area contributed by atoms with E-state index in [1.165, 1.54) is 32.1 Å². The summed E-state index contributed by atoms with van der Waals surface area (Å²) in [6.07, 6.45) is 6.84. The van der Waals surface area contributed by atoms with Crippen LogP contribution in [0.3, 0.4) is 0 Å². The Morgan fingerprint density at radius 2 is 1.32 bits per heavy atom. The molecule has 6 heteroatoms. The molecule has 0 atom stereocenters. The van der Waals surface area contributed by atoms with Crippen molar-refractivity contribution < 1.29 is 18.9 Å². The summed E-state index contributed by atoms with van der Waals surface area (Å²) >= 11 is 2.00. The summed E-state index contributed by atoms with van der Waals surface area (Å²) < 4.78 is 23.6. The predicted octanol–water partition coefficient (Wildman–Crippen LogP) is 2.60. The lowest BCUT2D eigenvalue weighted by molar-refractivity contribution is 0.0538. The first kappa shape index (κ1) is 20.2. The largest absolute Gasteiger partial charge is 0.382 e. The molecule has 5 nitrogen and oxygen atoms in total. The molecule has 0 heterocycles. The van der Waals surface area contributed by atoms with Crippen molar-refractivity contribution >= 4 is 11.9 Å². The Bertz CT molecular complexity index is 226. The fourth-order valence-electron chi connectivity index (χ4n) is 2.42. The fraction of sp³-hybridized carbons (Fsp3) is 1.00. The van der Waals surface area contributed by atoms with Crippen LogP contribution in [-0.2, 0) is 18.9 Å². The topological polar surface area (TPSA) is 40.2 Å². The first-order valence-electron chi connectivity index (χ1n) is 8.42. The van der Waals surface area contributed by atoms with Gasteiger partial charge < -0.3 is 18.9 Å². The standard InChI is InChI=1S/C16H33NO4S/c1-18-12-14-20-10-8-17(9-11-21-15-13-19-2)22-16-6-4-3-5-7-16/h16H,3-15H2,1-2H3. The minimum atomic E-state index is 0.663. The first-order valence-corrected chi connectivity index (χ1v) is 9.25. The van der Waals surface area contributed by atoms with E-state index in [9.17, 15) is 0 Å². The summed E-state index contributed by atoms with van der Waals surface area (Å²) in [6.45, 7) is 6.05. The molecule has 1 rings (SSSR count). The molecule has 0 amide bonds. The maximum atomic E-state index is 5.60. The van der Waals surface area contributed by atoms with Crippen LogP contribution in [0, 0.1) is 0 Å². The van der Waals surface area contributed by atoms with Crippen LogP contribution >= 0.6 is 11.9 Å². The number of ether oxygens (including phenoxy) is 4. The average Bonchev–Trinajstić information content (AvgIpc) is 2.55. The maximum absolute atomic E-state index is 5.60. The quantitative estimate of drug-likeness (QED) is 0.359. The van der Waals surface area contributed by atoms with Crippen molar-refractivity contribution in [3.63, 3.8) is 0 Å². The minimum Gasteiger partial charge on any atom is -0.382 e. The molecule has 1 aliphatic carbocycles. The van der Waals surface area contributed by atoms with Crippen LogP contribution in [0.25, 0.3) is 0 Å². The van der Waals surface area contributed by atoms with Gasteiger partial charge in [0.2, 0.25) is 0 Å². The van der Waals surface area contributed by atoms with Gasteiger partial charge in [-0.3, -0.25) is 0 Å². The molecule has 22 heavy (non-hydrogen) atoms. The minimum absolute atomic E-state index is 0.663. The van der Waals surface area contributed by atoms with Gasteiger partial charge in [0.15, 0.2) is 0 Å². The van der Waals surface area contributed by atoms with Gasteiger partial charge in [-0.05, 0) is 12.8 Å². The van der Waals surface area contributed by atoms with Gasteiger partial charge in [0.25, 0.3) is 0 Å². The van der Waals surface area contributed by atoms with Gasteiger partial charge in [-0.1, -0.05) is 31.2 Å². The highest BCUT2D eigenvalue weighted by Gasteiger charge is 2.18. The summed E-state index contributed by atoms with van der Waals surface area (Å²) in [4.78, 5) is 0. The van der Waals surface area contributed by atoms with Gasteiger partial charge in [0, 0.05) is 32.6 Å². The van der Waals surface area contributed by atoms with E-state index in [-0.39, 0.29) is 0 Å². The van der Waals surface area contributed by atoms with Crippen molar-refractivity contribution in [1.29, 1.82) is 0 Å². The van der Waals surface area contributed by atoms with Crippen molar-refractivity contribution in [2.24, 2.45) is 0 Å². The van der Waals surface area contributed by atoms with Crippen LogP contribution in [0.4, 0.5) is 0 Å². The third kappa shape index (κ3) is 10.8. The Balaban J connectivity index is 2.18. The molecule has 1 fully saturated rings. The molecular formula is C16H33NO4S. The van der Waals surface area contributed by atoms with Crippen LogP contribution in [0.1, 0.15) is 32.1 Å². The van der Waals surface area contributed by atoms with Crippen molar-refractivity contribution in [2.45, 2.75) is 37.4 Å². The Kier molecular flexibility index (Phi) is 13.5. The van der Waals surface area contributed by atoms with Crippen LogP contribution in [0.2, 0.25) is 0 Å². The molecule has 1 aliphatic rings. The van der Waals surface area contributed by atoms with Gasteiger partial charge in [-0.15, -0.1) is 0 Å². The Morgan fingerprint density at radius 3 is 1.82 bits per heavy atom. The SMILES string of the molecule is COCCOCCN(CCOCCOC)SC1CCCCC1. The molecule has 0 bridgehead atoms. The molecule has 0 saturated heterocycles. The first-order chi connectivity index (χ1) is 10.9. The van der Waals surface area contributed by atoms with Crippen molar-refractivity contribution in [3.05, 3.63) is 0 Å². The van der Waals surface area contributed by atoms with Gasteiger partial charge in [-0.25, -0.2) is 4.31 Å². The summed E-state index contributed by atoms with van der Waals surface area (Å²) in [6, 6.07) is 0. The van der Waals surface area contributed by atoms with Crippen LogP contribution < -0.4 is 0 Å². The van der Waals surface area contributed by atoms with E-state index in [1.807, 2.05) is 11.9 Å². The van der Waals surface area contributed by atoms with E-state index in [0.717, 1.165) is 31.6 Å². The second-order valence-electron chi connectivity index (χ2n) is 5.50. The van der Waals surface area contributed by atoms with Gasteiger partial charge in [0.05, 0.1) is 39.6 Å². The van der Waals surface area contributed by atoms with Crippen molar-refractivity contribution in [1.82, 2.24) is 4.31 Å².